The number of fused-ring (bicyclic) bond motifs is 1. The van der Waals surface area contributed by atoms with Gasteiger partial charge in [0, 0.05) is 24.6 Å². The van der Waals surface area contributed by atoms with Gasteiger partial charge in [0.15, 0.2) is 0 Å². The maximum absolute atomic E-state index is 12.7. The van der Waals surface area contributed by atoms with Crippen molar-refractivity contribution in [2.24, 2.45) is 16.8 Å². The summed E-state index contributed by atoms with van der Waals surface area (Å²) in [6.45, 7) is 1.73. The molecule has 35 heavy (non-hydrogen) atoms. The van der Waals surface area contributed by atoms with E-state index in [4.69, 9.17) is 14.7 Å². The van der Waals surface area contributed by atoms with Crippen molar-refractivity contribution in [3.8, 4) is 5.88 Å². The Morgan fingerprint density at radius 1 is 1.06 bits per heavy atom. The fraction of sp³-hybridized carbons (Fsp3) is 0.567. The van der Waals surface area contributed by atoms with Crippen LogP contribution in [0.15, 0.2) is 47.5 Å². The van der Waals surface area contributed by atoms with Gasteiger partial charge in [-0.15, -0.1) is 0 Å². The highest BCUT2D eigenvalue weighted by atomic mass is 16.5. The second kappa shape index (κ2) is 10.6. The number of aliphatic hydroxyl groups is 1. The fourth-order valence-corrected chi connectivity index (χ4v) is 5.46. The number of carbonyl (C=O) groups excluding carboxylic acids is 1. The number of aliphatic imine (C=N–C) groups is 1. The van der Waals surface area contributed by atoms with Gasteiger partial charge in [0.05, 0.1) is 17.0 Å². The molecule has 5 rings (SSSR count). The number of Topliss-reactive ketones (excluding diaryl/α,β-unsaturated/α-hetero) is 1. The van der Waals surface area contributed by atoms with E-state index < -0.39 is 5.60 Å². The number of rotatable bonds is 10. The van der Waals surface area contributed by atoms with E-state index in [0.717, 1.165) is 73.7 Å². The zero-order valence-corrected chi connectivity index (χ0v) is 20.9. The van der Waals surface area contributed by atoms with Crippen molar-refractivity contribution < 1.29 is 14.6 Å². The Labute approximate surface area is 209 Å². The largest absolute Gasteiger partial charge is 0.474 e. The number of nitrogens with zero attached hydrogens (tertiary/aromatic N) is 2. The average molecular weight is 475 g/mol. The Bertz CT molecular complexity index is 1050. The summed E-state index contributed by atoms with van der Waals surface area (Å²) in [5.41, 5.74) is 2.88. The Hall–Kier alpha value is -2.53. The molecule has 0 amide bonds. The van der Waals surface area contributed by atoms with E-state index in [1.807, 2.05) is 36.4 Å². The molecule has 2 aliphatic carbocycles. The maximum atomic E-state index is 12.7. The molecule has 0 bridgehead atoms. The molecule has 186 valence electrons. The molecule has 0 radical (unpaired) electrons. The lowest BCUT2D eigenvalue weighted by molar-refractivity contribution is -0.123. The Morgan fingerprint density at radius 2 is 1.86 bits per heavy atom. The first-order chi connectivity index (χ1) is 17.0. The van der Waals surface area contributed by atoms with Gasteiger partial charge in [-0.3, -0.25) is 9.79 Å². The normalized spacial score (nSPS) is 22.1. The summed E-state index contributed by atoms with van der Waals surface area (Å²) in [6, 6.07) is 13.5. The highest BCUT2D eigenvalue weighted by Gasteiger charge is 2.30. The summed E-state index contributed by atoms with van der Waals surface area (Å²) < 4.78 is 5.94. The van der Waals surface area contributed by atoms with E-state index in [0.29, 0.717) is 18.4 Å². The third-order valence-corrected chi connectivity index (χ3v) is 7.94. The van der Waals surface area contributed by atoms with Crippen LogP contribution in [-0.2, 0) is 16.8 Å². The highest BCUT2D eigenvalue weighted by Crippen LogP contribution is 2.40. The van der Waals surface area contributed by atoms with Gasteiger partial charge in [0.25, 0.3) is 0 Å². The van der Waals surface area contributed by atoms with E-state index in [1.54, 1.807) is 6.92 Å². The van der Waals surface area contributed by atoms with Crippen LogP contribution >= 0.6 is 0 Å². The van der Waals surface area contributed by atoms with Crippen LogP contribution in [0.1, 0.15) is 88.8 Å². The molecule has 1 N–H and O–H groups in total. The Morgan fingerprint density at radius 3 is 2.57 bits per heavy atom. The van der Waals surface area contributed by atoms with Gasteiger partial charge in [-0.2, -0.15) is 0 Å². The number of aryl methyl sites for hydroxylation is 1. The SMILES string of the molecule is C[C@](O)(CC(=O)CCCC1=Nc2ccc(OC3CC3)nc2CCC(C2CCC2)C1)c1ccccc1. The minimum Gasteiger partial charge on any atom is -0.474 e. The molecule has 2 aromatic rings. The van der Waals surface area contributed by atoms with Crippen molar-refractivity contribution in [1.29, 1.82) is 0 Å². The van der Waals surface area contributed by atoms with Crippen molar-refractivity contribution in [3.63, 3.8) is 0 Å². The molecule has 2 fully saturated rings. The number of aromatic nitrogens is 1. The monoisotopic (exact) mass is 474 g/mol. The number of ether oxygens (including phenoxy) is 1. The molecule has 1 aromatic carbocycles. The molecular formula is C30H38N2O3. The van der Waals surface area contributed by atoms with Gasteiger partial charge in [-0.25, -0.2) is 4.98 Å². The number of carbonyl (C=O) groups is 1. The molecule has 1 unspecified atom stereocenters. The van der Waals surface area contributed by atoms with Crippen LogP contribution in [0.5, 0.6) is 5.88 Å². The van der Waals surface area contributed by atoms with E-state index in [2.05, 4.69) is 6.07 Å². The van der Waals surface area contributed by atoms with Gasteiger partial charge in [0.2, 0.25) is 5.88 Å². The van der Waals surface area contributed by atoms with Gasteiger partial charge in [0.1, 0.15) is 11.9 Å². The van der Waals surface area contributed by atoms with Crippen molar-refractivity contribution in [1.82, 2.24) is 4.98 Å². The number of benzene rings is 1. The van der Waals surface area contributed by atoms with Gasteiger partial charge in [-0.1, -0.05) is 49.6 Å². The Balaban J connectivity index is 1.23. The van der Waals surface area contributed by atoms with Crippen LogP contribution < -0.4 is 4.74 Å². The molecule has 0 spiro atoms. The van der Waals surface area contributed by atoms with Gasteiger partial charge >= 0.3 is 0 Å². The summed E-state index contributed by atoms with van der Waals surface area (Å²) >= 11 is 0. The molecule has 1 aliphatic heterocycles. The number of ketones is 1. The zero-order chi connectivity index (χ0) is 24.3. The van der Waals surface area contributed by atoms with Gasteiger partial charge < -0.3 is 9.84 Å². The fourth-order valence-electron chi connectivity index (χ4n) is 5.46. The quantitative estimate of drug-likeness (QED) is 0.427. The number of hydrogen-bond donors (Lipinski definition) is 1. The summed E-state index contributed by atoms with van der Waals surface area (Å²) in [6.07, 6.45) is 11.9. The first-order valence-electron chi connectivity index (χ1n) is 13.5. The van der Waals surface area contributed by atoms with Crippen LogP contribution in [-0.4, -0.2) is 27.7 Å². The minimum absolute atomic E-state index is 0.102. The molecule has 5 nitrogen and oxygen atoms in total. The third-order valence-electron chi connectivity index (χ3n) is 7.94. The van der Waals surface area contributed by atoms with Crippen molar-refractivity contribution in [3.05, 3.63) is 53.7 Å². The standard InChI is InChI=1S/C30H38N2O3/c1-30(34,23-9-3-2-4-10-23)20-25(33)12-6-11-24-19-22(21-7-5-8-21)13-16-28-27(31-24)17-18-29(32-28)35-26-14-15-26/h2-4,9-10,17-18,21-22,26,34H,5-8,11-16,19-20H2,1H3/t22?,30-/m0/s1. The summed E-state index contributed by atoms with van der Waals surface area (Å²) in [4.78, 5) is 22.6. The molecule has 3 aliphatic rings. The third kappa shape index (κ3) is 6.38. The lowest BCUT2D eigenvalue weighted by Crippen LogP contribution is -2.26. The molecule has 0 saturated heterocycles. The van der Waals surface area contributed by atoms with Crippen LogP contribution in [0, 0.1) is 11.8 Å². The van der Waals surface area contributed by atoms with Gasteiger partial charge in [-0.05, 0) is 75.3 Å². The van der Waals surface area contributed by atoms with Crippen LogP contribution in [0.2, 0.25) is 0 Å². The predicted molar refractivity (Wildman–Crippen MR) is 138 cm³/mol. The van der Waals surface area contributed by atoms with Crippen LogP contribution in [0.4, 0.5) is 5.69 Å². The van der Waals surface area contributed by atoms with E-state index in [9.17, 15) is 9.90 Å². The molecule has 2 atom stereocenters. The smallest absolute Gasteiger partial charge is 0.213 e. The molecule has 2 heterocycles. The van der Waals surface area contributed by atoms with Crippen molar-refractivity contribution >= 4 is 17.2 Å². The Kier molecular flexibility index (Phi) is 7.33. The highest BCUT2D eigenvalue weighted by molar-refractivity contribution is 5.88. The van der Waals surface area contributed by atoms with Crippen LogP contribution in [0.3, 0.4) is 0 Å². The number of pyridine rings is 1. The first kappa shape index (κ1) is 24.2. The lowest BCUT2D eigenvalue weighted by atomic mass is 9.71. The topological polar surface area (TPSA) is 71.8 Å². The molecule has 2 saturated carbocycles. The van der Waals surface area contributed by atoms with Crippen molar-refractivity contribution in [2.45, 2.75) is 95.7 Å². The number of hydrogen-bond acceptors (Lipinski definition) is 5. The minimum atomic E-state index is -1.13. The molecular weight excluding hydrogens is 436 g/mol. The zero-order valence-electron chi connectivity index (χ0n) is 20.9. The molecule has 5 heteroatoms. The van der Waals surface area contributed by atoms with E-state index in [1.165, 1.54) is 25.0 Å². The second-order valence-corrected chi connectivity index (χ2v) is 11.0. The first-order valence-corrected chi connectivity index (χ1v) is 13.5. The predicted octanol–water partition coefficient (Wildman–Crippen LogP) is 6.49. The summed E-state index contributed by atoms with van der Waals surface area (Å²) in [7, 11) is 0. The average Bonchev–Trinajstić information content (AvgIpc) is 3.60. The summed E-state index contributed by atoms with van der Waals surface area (Å²) in [5.74, 6) is 2.29. The molecule has 1 aromatic heterocycles. The van der Waals surface area contributed by atoms with Crippen molar-refractivity contribution in [2.75, 3.05) is 0 Å². The van der Waals surface area contributed by atoms with E-state index in [-0.39, 0.29) is 12.2 Å². The lowest BCUT2D eigenvalue weighted by Gasteiger charge is -2.35. The maximum Gasteiger partial charge on any atom is 0.213 e. The summed E-state index contributed by atoms with van der Waals surface area (Å²) in [5, 5.41) is 10.8. The van der Waals surface area contributed by atoms with E-state index >= 15 is 0 Å². The second-order valence-electron chi connectivity index (χ2n) is 11.0. The van der Waals surface area contributed by atoms with Crippen LogP contribution in [0.25, 0.3) is 0 Å².